The minimum absolute atomic E-state index is 0.106. The molecule has 7 heteroatoms. The van der Waals surface area contributed by atoms with Gasteiger partial charge in [0, 0.05) is 11.1 Å². The molecule has 2 rings (SSSR count). The fourth-order valence-electron chi connectivity index (χ4n) is 1.34. The maximum atomic E-state index is 6.03. The van der Waals surface area contributed by atoms with Crippen LogP contribution in [0.3, 0.4) is 0 Å². The molecule has 1 aromatic carbocycles. The van der Waals surface area contributed by atoms with E-state index in [-0.39, 0.29) is 5.95 Å². The molecule has 0 saturated carbocycles. The Hall–Kier alpha value is -1.72. The van der Waals surface area contributed by atoms with Crippen molar-refractivity contribution in [3.05, 3.63) is 34.3 Å². The molecule has 18 heavy (non-hydrogen) atoms. The zero-order valence-corrected chi connectivity index (χ0v) is 11.0. The van der Waals surface area contributed by atoms with Crippen LogP contribution in [0.25, 0.3) is 0 Å². The van der Waals surface area contributed by atoms with Crippen LogP contribution >= 0.6 is 23.2 Å². The van der Waals surface area contributed by atoms with Gasteiger partial charge in [-0.15, -0.1) is 0 Å². The second kappa shape index (κ2) is 5.29. The molecule has 3 N–H and O–H groups in total. The van der Waals surface area contributed by atoms with E-state index in [1.807, 2.05) is 0 Å². The lowest BCUT2D eigenvalue weighted by Gasteiger charge is -2.09. The Morgan fingerprint density at radius 3 is 2.72 bits per heavy atom. The van der Waals surface area contributed by atoms with Crippen molar-refractivity contribution in [2.75, 3.05) is 18.2 Å². The molecule has 0 unspecified atom stereocenters. The largest absolute Gasteiger partial charge is 0.481 e. The number of hydrogen-bond donors (Lipinski definition) is 2. The van der Waals surface area contributed by atoms with Gasteiger partial charge in [0.25, 0.3) is 0 Å². The van der Waals surface area contributed by atoms with Gasteiger partial charge in [-0.3, -0.25) is 0 Å². The molecule has 0 bridgehead atoms. The smallest absolute Gasteiger partial charge is 0.225 e. The van der Waals surface area contributed by atoms with Crippen molar-refractivity contribution in [3.8, 4) is 5.88 Å². The van der Waals surface area contributed by atoms with Gasteiger partial charge in [-0.2, -0.15) is 9.97 Å². The van der Waals surface area contributed by atoms with Gasteiger partial charge in [-0.05, 0) is 18.2 Å². The number of rotatable bonds is 3. The van der Waals surface area contributed by atoms with E-state index in [1.54, 1.807) is 24.3 Å². The van der Waals surface area contributed by atoms with Crippen molar-refractivity contribution < 1.29 is 4.74 Å². The van der Waals surface area contributed by atoms with Gasteiger partial charge in [0.2, 0.25) is 11.8 Å². The number of anilines is 3. The first-order chi connectivity index (χ1) is 8.58. The highest BCUT2D eigenvalue weighted by Crippen LogP contribution is 2.28. The second-order valence-corrected chi connectivity index (χ2v) is 4.25. The van der Waals surface area contributed by atoms with E-state index in [4.69, 9.17) is 33.7 Å². The lowest BCUT2D eigenvalue weighted by atomic mass is 10.3. The number of benzene rings is 1. The van der Waals surface area contributed by atoms with Gasteiger partial charge in [-0.25, -0.2) is 0 Å². The van der Waals surface area contributed by atoms with Gasteiger partial charge >= 0.3 is 0 Å². The predicted octanol–water partition coefficient (Wildman–Crippen LogP) is 3.12. The molecule has 94 valence electrons. The molecule has 0 amide bonds. The molecule has 0 radical (unpaired) electrons. The van der Waals surface area contributed by atoms with Crippen molar-refractivity contribution in [2.45, 2.75) is 0 Å². The average molecular weight is 285 g/mol. The molecule has 0 spiro atoms. The Morgan fingerprint density at radius 2 is 2.00 bits per heavy atom. The number of nitrogens with one attached hydrogen (secondary N) is 1. The van der Waals surface area contributed by atoms with Gasteiger partial charge < -0.3 is 15.8 Å². The Morgan fingerprint density at radius 1 is 1.22 bits per heavy atom. The average Bonchev–Trinajstić information content (AvgIpc) is 2.33. The molecule has 5 nitrogen and oxygen atoms in total. The van der Waals surface area contributed by atoms with Gasteiger partial charge in [-0.1, -0.05) is 23.2 Å². The van der Waals surface area contributed by atoms with E-state index in [1.165, 1.54) is 7.11 Å². The number of ether oxygens (including phenoxy) is 1. The van der Waals surface area contributed by atoms with Crippen LogP contribution in [0.15, 0.2) is 24.3 Å². The number of hydrogen-bond acceptors (Lipinski definition) is 5. The molecule has 0 fully saturated rings. The first kappa shape index (κ1) is 12.7. The molecule has 0 aliphatic heterocycles. The van der Waals surface area contributed by atoms with E-state index in [0.717, 1.165) is 0 Å². The molecule has 0 atom stereocenters. The second-order valence-electron chi connectivity index (χ2n) is 3.40. The quantitative estimate of drug-likeness (QED) is 0.906. The van der Waals surface area contributed by atoms with E-state index >= 15 is 0 Å². The van der Waals surface area contributed by atoms with Crippen LogP contribution in [0.4, 0.5) is 17.5 Å². The third-order valence-electron chi connectivity index (χ3n) is 2.12. The SMILES string of the molecule is COc1cc(Nc2cc(Cl)ccc2Cl)nc(N)n1. The standard InChI is InChI=1S/C11H10Cl2N4O/c1-18-10-5-9(16-11(14)17-10)15-8-4-6(12)2-3-7(8)13/h2-5H,1H3,(H3,14,15,16,17). The molecule has 0 aliphatic rings. The van der Waals surface area contributed by atoms with Crippen LogP contribution in [0.5, 0.6) is 5.88 Å². The van der Waals surface area contributed by atoms with Crippen LogP contribution < -0.4 is 15.8 Å². The van der Waals surface area contributed by atoms with Crippen molar-refractivity contribution in [1.29, 1.82) is 0 Å². The number of methoxy groups -OCH3 is 1. The predicted molar refractivity (Wildman–Crippen MR) is 72.7 cm³/mol. The van der Waals surface area contributed by atoms with Crippen molar-refractivity contribution in [2.24, 2.45) is 0 Å². The number of halogens is 2. The Kier molecular flexibility index (Phi) is 3.74. The lowest BCUT2D eigenvalue weighted by Crippen LogP contribution is -2.02. The van der Waals surface area contributed by atoms with Crippen molar-refractivity contribution in [3.63, 3.8) is 0 Å². The minimum atomic E-state index is 0.106. The van der Waals surface area contributed by atoms with Crippen LogP contribution in [-0.4, -0.2) is 17.1 Å². The van der Waals surface area contributed by atoms with Crippen LogP contribution in [-0.2, 0) is 0 Å². The zero-order valence-electron chi connectivity index (χ0n) is 9.45. The number of nitrogen functional groups attached to an aromatic ring is 1. The third-order valence-corrected chi connectivity index (χ3v) is 2.68. The molecule has 0 aliphatic carbocycles. The highest BCUT2D eigenvalue weighted by atomic mass is 35.5. The molecular weight excluding hydrogens is 275 g/mol. The summed E-state index contributed by atoms with van der Waals surface area (Å²) in [6.45, 7) is 0. The van der Waals surface area contributed by atoms with E-state index in [2.05, 4.69) is 15.3 Å². The normalized spacial score (nSPS) is 10.2. The number of aromatic nitrogens is 2. The van der Waals surface area contributed by atoms with Crippen LogP contribution in [0, 0.1) is 0 Å². The van der Waals surface area contributed by atoms with Crippen LogP contribution in [0.2, 0.25) is 10.0 Å². The monoisotopic (exact) mass is 284 g/mol. The fraction of sp³-hybridized carbons (Fsp3) is 0.0909. The summed E-state index contributed by atoms with van der Waals surface area (Å²) in [6, 6.07) is 6.68. The summed E-state index contributed by atoms with van der Waals surface area (Å²) in [7, 11) is 1.50. The lowest BCUT2D eigenvalue weighted by molar-refractivity contribution is 0.398. The van der Waals surface area contributed by atoms with Crippen LogP contribution in [0.1, 0.15) is 0 Å². The van der Waals surface area contributed by atoms with Gasteiger partial charge in [0.05, 0.1) is 17.8 Å². The Balaban J connectivity index is 2.33. The summed E-state index contributed by atoms with van der Waals surface area (Å²) in [5, 5.41) is 4.09. The Bertz CT molecular complexity index is 577. The molecule has 0 saturated heterocycles. The first-order valence-corrected chi connectivity index (χ1v) is 5.74. The van der Waals surface area contributed by atoms with E-state index in [9.17, 15) is 0 Å². The molecular formula is C11H10Cl2N4O. The summed E-state index contributed by atoms with van der Waals surface area (Å²) in [6.07, 6.45) is 0. The maximum absolute atomic E-state index is 6.03. The van der Waals surface area contributed by atoms with E-state index in [0.29, 0.717) is 27.4 Å². The number of nitrogens with zero attached hydrogens (tertiary/aromatic N) is 2. The van der Waals surface area contributed by atoms with Gasteiger partial charge in [0.1, 0.15) is 5.82 Å². The fourth-order valence-corrected chi connectivity index (χ4v) is 1.68. The third kappa shape index (κ3) is 2.94. The summed E-state index contributed by atoms with van der Waals surface area (Å²) in [5.41, 5.74) is 6.18. The molecule has 1 heterocycles. The zero-order chi connectivity index (χ0) is 13.1. The summed E-state index contributed by atoms with van der Waals surface area (Å²) < 4.78 is 5.00. The molecule has 1 aromatic heterocycles. The molecule has 2 aromatic rings. The Labute approximate surface area is 114 Å². The summed E-state index contributed by atoms with van der Waals surface area (Å²) in [5.74, 6) is 0.946. The summed E-state index contributed by atoms with van der Waals surface area (Å²) in [4.78, 5) is 7.90. The number of nitrogens with two attached hydrogens (primary N) is 1. The van der Waals surface area contributed by atoms with Gasteiger partial charge in [0.15, 0.2) is 0 Å². The highest BCUT2D eigenvalue weighted by molar-refractivity contribution is 6.35. The van der Waals surface area contributed by atoms with Crippen molar-refractivity contribution >= 4 is 40.7 Å². The highest BCUT2D eigenvalue weighted by Gasteiger charge is 2.06. The summed E-state index contributed by atoms with van der Waals surface area (Å²) >= 11 is 11.9. The minimum Gasteiger partial charge on any atom is -0.481 e. The first-order valence-electron chi connectivity index (χ1n) is 4.99. The van der Waals surface area contributed by atoms with Crippen molar-refractivity contribution in [1.82, 2.24) is 9.97 Å². The topological polar surface area (TPSA) is 73.1 Å². The van der Waals surface area contributed by atoms with E-state index < -0.39 is 0 Å². The maximum Gasteiger partial charge on any atom is 0.225 e.